The molecule has 1 heterocycles. The normalized spacial score (nSPS) is 15.6. The van der Waals surface area contributed by atoms with E-state index in [1.54, 1.807) is 17.5 Å². The highest BCUT2D eigenvalue weighted by atomic mass is 32.1. The molecule has 0 bridgehead atoms. The van der Waals surface area contributed by atoms with E-state index in [0.717, 1.165) is 17.8 Å². The number of hydrogen-bond acceptors (Lipinski definition) is 4. The highest BCUT2D eigenvalue weighted by Gasteiger charge is 2.25. The Balaban J connectivity index is 2.58. The average molecular weight is 200 g/mol. The molecule has 1 rings (SSSR count). The number of nitrogens with two attached hydrogens (primary N) is 1. The molecule has 3 N–H and O–H groups in total. The molecule has 0 saturated carbocycles. The third-order valence-corrected chi connectivity index (χ3v) is 2.84. The van der Waals surface area contributed by atoms with Crippen molar-refractivity contribution in [1.82, 2.24) is 4.98 Å². The fourth-order valence-electron chi connectivity index (χ4n) is 1.35. The monoisotopic (exact) mass is 200 g/mol. The highest BCUT2D eigenvalue weighted by Crippen LogP contribution is 2.19. The van der Waals surface area contributed by atoms with Crippen LogP contribution in [-0.2, 0) is 6.42 Å². The van der Waals surface area contributed by atoms with Crippen LogP contribution in [0.1, 0.15) is 24.8 Å². The Morgan fingerprint density at radius 1 is 1.69 bits per heavy atom. The molecule has 13 heavy (non-hydrogen) atoms. The largest absolute Gasteiger partial charge is 0.388 e. The molecule has 0 aliphatic heterocycles. The standard InChI is InChI=1S/C9H16N2OS/c1-2-3-9(12,7-10)6-8-11-4-5-13-8/h4-5,12H,2-3,6-7,10H2,1H3. The Bertz CT molecular complexity index is 238. The van der Waals surface area contributed by atoms with E-state index in [9.17, 15) is 5.11 Å². The van der Waals surface area contributed by atoms with E-state index in [1.165, 1.54) is 0 Å². The zero-order chi connectivity index (χ0) is 9.73. The van der Waals surface area contributed by atoms with E-state index < -0.39 is 5.60 Å². The van der Waals surface area contributed by atoms with Crippen molar-refractivity contribution in [3.63, 3.8) is 0 Å². The lowest BCUT2D eigenvalue weighted by molar-refractivity contribution is 0.0398. The molecule has 1 unspecified atom stereocenters. The minimum atomic E-state index is -0.757. The summed E-state index contributed by atoms with van der Waals surface area (Å²) in [7, 11) is 0. The summed E-state index contributed by atoms with van der Waals surface area (Å²) >= 11 is 1.56. The summed E-state index contributed by atoms with van der Waals surface area (Å²) in [5, 5.41) is 12.9. The van der Waals surface area contributed by atoms with Crippen molar-refractivity contribution in [2.45, 2.75) is 31.8 Å². The van der Waals surface area contributed by atoms with Gasteiger partial charge in [0.15, 0.2) is 0 Å². The van der Waals surface area contributed by atoms with Crippen LogP contribution in [0.5, 0.6) is 0 Å². The van der Waals surface area contributed by atoms with Gasteiger partial charge in [-0.1, -0.05) is 13.3 Å². The summed E-state index contributed by atoms with van der Waals surface area (Å²) in [5.41, 5.74) is 4.78. The van der Waals surface area contributed by atoms with E-state index in [2.05, 4.69) is 4.98 Å². The van der Waals surface area contributed by atoms with Crippen molar-refractivity contribution in [2.24, 2.45) is 5.73 Å². The third-order valence-electron chi connectivity index (χ3n) is 2.06. The minimum Gasteiger partial charge on any atom is -0.388 e. The van der Waals surface area contributed by atoms with Gasteiger partial charge in [0.1, 0.15) is 0 Å². The van der Waals surface area contributed by atoms with Crippen LogP contribution in [0.2, 0.25) is 0 Å². The summed E-state index contributed by atoms with van der Waals surface area (Å²) in [6, 6.07) is 0. The van der Waals surface area contributed by atoms with E-state index in [1.807, 2.05) is 12.3 Å². The van der Waals surface area contributed by atoms with Crippen LogP contribution < -0.4 is 5.73 Å². The number of nitrogens with zero attached hydrogens (tertiary/aromatic N) is 1. The smallest absolute Gasteiger partial charge is 0.0954 e. The third kappa shape index (κ3) is 3.06. The van der Waals surface area contributed by atoms with Crippen LogP contribution in [0, 0.1) is 0 Å². The van der Waals surface area contributed by atoms with Gasteiger partial charge >= 0.3 is 0 Å². The van der Waals surface area contributed by atoms with Crippen molar-refractivity contribution < 1.29 is 5.11 Å². The summed E-state index contributed by atoms with van der Waals surface area (Å²) in [6.45, 7) is 2.35. The molecule has 1 atom stereocenters. The van der Waals surface area contributed by atoms with Gasteiger partial charge in [-0.3, -0.25) is 0 Å². The van der Waals surface area contributed by atoms with Gasteiger partial charge in [0.05, 0.1) is 10.6 Å². The SMILES string of the molecule is CCCC(O)(CN)Cc1nccs1. The van der Waals surface area contributed by atoms with Crippen LogP contribution in [0.4, 0.5) is 0 Å². The summed E-state index contributed by atoms with van der Waals surface area (Å²) < 4.78 is 0. The van der Waals surface area contributed by atoms with Crippen LogP contribution in [0.3, 0.4) is 0 Å². The quantitative estimate of drug-likeness (QED) is 0.750. The van der Waals surface area contributed by atoms with Crippen LogP contribution >= 0.6 is 11.3 Å². The molecular weight excluding hydrogens is 184 g/mol. The lowest BCUT2D eigenvalue weighted by Crippen LogP contribution is -2.39. The molecule has 1 aromatic rings. The molecule has 74 valence electrons. The molecule has 0 spiro atoms. The van der Waals surface area contributed by atoms with E-state index >= 15 is 0 Å². The first-order valence-electron chi connectivity index (χ1n) is 4.51. The summed E-state index contributed by atoms with van der Waals surface area (Å²) in [4.78, 5) is 4.13. The molecule has 0 radical (unpaired) electrons. The Hall–Kier alpha value is -0.450. The molecule has 0 aromatic carbocycles. The average Bonchev–Trinajstić information content (AvgIpc) is 2.57. The van der Waals surface area contributed by atoms with E-state index in [-0.39, 0.29) is 0 Å². The molecule has 4 heteroatoms. The zero-order valence-electron chi connectivity index (χ0n) is 7.86. The van der Waals surface area contributed by atoms with Crippen molar-refractivity contribution >= 4 is 11.3 Å². The van der Waals surface area contributed by atoms with Gasteiger partial charge in [-0.25, -0.2) is 4.98 Å². The maximum Gasteiger partial charge on any atom is 0.0954 e. The first kappa shape index (κ1) is 10.6. The Morgan fingerprint density at radius 3 is 2.92 bits per heavy atom. The maximum atomic E-state index is 10.0. The first-order valence-corrected chi connectivity index (χ1v) is 5.39. The van der Waals surface area contributed by atoms with Crippen LogP contribution in [0.15, 0.2) is 11.6 Å². The van der Waals surface area contributed by atoms with Gasteiger partial charge in [0.2, 0.25) is 0 Å². The predicted molar refractivity (Wildman–Crippen MR) is 54.7 cm³/mol. The van der Waals surface area contributed by atoms with Crippen molar-refractivity contribution in [2.75, 3.05) is 6.54 Å². The number of rotatable bonds is 5. The second kappa shape index (κ2) is 4.69. The van der Waals surface area contributed by atoms with Gasteiger partial charge in [-0.15, -0.1) is 11.3 Å². The van der Waals surface area contributed by atoms with E-state index in [0.29, 0.717) is 13.0 Å². The number of thiazole rings is 1. The molecule has 0 fully saturated rings. The van der Waals surface area contributed by atoms with Gasteiger partial charge < -0.3 is 10.8 Å². The molecule has 1 aromatic heterocycles. The fraction of sp³-hybridized carbons (Fsp3) is 0.667. The topological polar surface area (TPSA) is 59.1 Å². The van der Waals surface area contributed by atoms with Crippen molar-refractivity contribution in [1.29, 1.82) is 0 Å². The zero-order valence-corrected chi connectivity index (χ0v) is 8.68. The van der Waals surface area contributed by atoms with Gasteiger partial charge in [-0.2, -0.15) is 0 Å². The Kier molecular flexibility index (Phi) is 3.84. The van der Waals surface area contributed by atoms with Crippen molar-refractivity contribution in [3.8, 4) is 0 Å². The maximum absolute atomic E-state index is 10.0. The second-order valence-corrected chi connectivity index (χ2v) is 4.26. The molecule has 0 aliphatic rings. The highest BCUT2D eigenvalue weighted by molar-refractivity contribution is 7.09. The van der Waals surface area contributed by atoms with Crippen LogP contribution in [-0.4, -0.2) is 22.2 Å². The summed E-state index contributed by atoms with van der Waals surface area (Å²) in [5.74, 6) is 0. The number of hydrogen-bond donors (Lipinski definition) is 2. The molecule has 0 aliphatic carbocycles. The lowest BCUT2D eigenvalue weighted by Gasteiger charge is -2.24. The predicted octanol–water partition coefficient (Wildman–Crippen LogP) is 1.18. The Labute approximate surface area is 82.6 Å². The summed E-state index contributed by atoms with van der Waals surface area (Å²) in [6.07, 6.45) is 4.01. The second-order valence-electron chi connectivity index (χ2n) is 3.28. The molecule has 0 saturated heterocycles. The van der Waals surface area contributed by atoms with Gasteiger partial charge in [-0.05, 0) is 6.42 Å². The molecule has 3 nitrogen and oxygen atoms in total. The van der Waals surface area contributed by atoms with Crippen LogP contribution in [0.25, 0.3) is 0 Å². The van der Waals surface area contributed by atoms with E-state index in [4.69, 9.17) is 5.73 Å². The Morgan fingerprint density at radius 2 is 2.46 bits per heavy atom. The number of aromatic nitrogens is 1. The minimum absolute atomic E-state index is 0.306. The fourth-order valence-corrected chi connectivity index (χ4v) is 2.10. The number of aliphatic hydroxyl groups is 1. The van der Waals surface area contributed by atoms with Crippen molar-refractivity contribution in [3.05, 3.63) is 16.6 Å². The molecule has 0 amide bonds. The molecular formula is C9H16N2OS. The first-order chi connectivity index (χ1) is 6.20. The lowest BCUT2D eigenvalue weighted by atomic mass is 9.95. The van der Waals surface area contributed by atoms with Gasteiger partial charge in [0.25, 0.3) is 0 Å². The van der Waals surface area contributed by atoms with Gasteiger partial charge in [0, 0.05) is 24.5 Å².